The van der Waals surface area contributed by atoms with Gasteiger partial charge in [-0.25, -0.2) is 0 Å². The van der Waals surface area contributed by atoms with Gasteiger partial charge < -0.3 is 13.9 Å². The molecular formula is C56H38N2O. The fourth-order valence-electron chi connectivity index (χ4n) is 10.8. The van der Waals surface area contributed by atoms with Crippen LogP contribution in [-0.4, -0.2) is 4.57 Å². The Hall–Kier alpha value is -7.36. The molecule has 2 heterocycles. The summed E-state index contributed by atoms with van der Waals surface area (Å²) in [4.78, 5) is 2.48. The van der Waals surface area contributed by atoms with Crippen LogP contribution in [0.3, 0.4) is 0 Å². The van der Waals surface area contributed by atoms with Gasteiger partial charge in [-0.3, -0.25) is 0 Å². The summed E-state index contributed by atoms with van der Waals surface area (Å²) in [6.45, 7) is 0. The minimum Gasteiger partial charge on any atom is -0.456 e. The van der Waals surface area contributed by atoms with E-state index in [-0.39, 0.29) is 0 Å². The second kappa shape index (κ2) is 12.3. The van der Waals surface area contributed by atoms with Crippen molar-refractivity contribution in [1.82, 2.24) is 4.57 Å². The average molecular weight is 755 g/mol. The molecule has 8 aromatic carbocycles. The third-order valence-corrected chi connectivity index (χ3v) is 13.3. The highest BCUT2D eigenvalue weighted by atomic mass is 16.3. The van der Waals surface area contributed by atoms with Crippen molar-refractivity contribution in [2.45, 2.75) is 24.8 Å². The minimum atomic E-state index is -0.552. The van der Waals surface area contributed by atoms with E-state index in [4.69, 9.17) is 4.42 Å². The van der Waals surface area contributed by atoms with Crippen LogP contribution in [-0.2, 0) is 12.0 Å². The lowest BCUT2D eigenvalue weighted by molar-refractivity contribution is 0.528. The van der Waals surface area contributed by atoms with Crippen LogP contribution in [0.5, 0.6) is 0 Å². The van der Waals surface area contributed by atoms with E-state index in [0.29, 0.717) is 0 Å². The Balaban J connectivity index is 1.14. The number of hydrogen-bond donors (Lipinski definition) is 0. The third kappa shape index (κ3) is 4.47. The lowest BCUT2D eigenvalue weighted by Gasteiger charge is -2.39. The number of anilines is 3. The van der Waals surface area contributed by atoms with Crippen LogP contribution in [0.25, 0.3) is 60.4 Å². The normalized spacial score (nSPS) is 16.5. The third-order valence-electron chi connectivity index (χ3n) is 13.3. The summed E-state index contributed by atoms with van der Waals surface area (Å²) >= 11 is 0. The van der Waals surface area contributed by atoms with Crippen LogP contribution in [0.4, 0.5) is 17.1 Å². The Bertz CT molecular complexity index is 3410. The zero-order valence-electron chi connectivity index (χ0n) is 32.4. The van der Waals surface area contributed by atoms with Gasteiger partial charge >= 0.3 is 0 Å². The van der Waals surface area contributed by atoms with Crippen molar-refractivity contribution in [1.29, 1.82) is 0 Å². The number of para-hydroxylation sites is 2. The van der Waals surface area contributed by atoms with Crippen molar-refractivity contribution in [3.63, 3.8) is 0 Å². The van der Waals surface area contributed by atoms with Crippen molar-refractivity contribution in [2.24, 2.45) is 0 Å². The molecule has 3 heteroatoms. The Morgan fingerprint density at radius 1 is 0.559 bits per heavy atom. The minimum absolute atomic E-state index is 0.552. The summed E-state index contributed by atoms with van der Waals surface area (Å²) < 4.78 is 9.23. The molecular weight excluding hydrogens is 717 g/mol. The molecule has 0 amide bonds. The molecule has 10 aromatic rings. The number of fused-ring (bicyclic) bond motifs is 10. The van der Waals surface area contributed by atoms with Gasteiger partial charge in [-0.2, -0.15) is 0 Å². The van der Waals surface area contributed by atoms with Crippen LogP contribution < -0.4 is 4.90 Å². The van der Waals surface area contributed by atoms with E-state index in [1.54, 1.807) is 0 Å². The molecule has 0 radical (unpaired) electrons. The fourth-order valence-corrected chi connectivity index (χ4v) is 10.8. The Morgan fingerprint density at radius 2 is 1.27 bits per heavy atom. The Labute approximate surface area is 342 Å². The first kappa shape index (κ1) is 32.7. The summed E-state index contributed by atoms with van der Waals surface area (Å²) in [6.07, 6.45) is 7.79. The molecule has 0 aliphatic heterocycles. The van der Waals surface area contributed by atoms with Crippen molar-refractivity contribution in [3.05, 3.63) is 228 Å². The van der Waals surface area contributed by atoms with Crippen LogP contribution >= 0.6 is 0 Å². The van der Waals surface area contributed by atoms with Gasteiger partial charge in [0.15, 0.2) is 0 Å². The first-order valence-corrected chi connectivity index (χ1v) is 20.8. The van der Waals surface area contributed by atoms with Gasteiger partial charge in [0, 0.05) is 21.8 Å². The van der Waals surface area contributed by atoms with E-state index >= 15 is 0 Å². The molecule has 3 nitrogen and oxygen atoms in total. The monoisotopic (exact) mass is 754 g/mol. The van der Waals surface area contributed by atoms with E-state index < -0.39 is 5.54 Å². The molecule has 278 valence electrons. The highest BCUT2D eigenvalue weighted by Gasteiger charge is 2.49. The predicted octanol–water partition coefficient (Wildman–Crippen LogP) is 14.6. The number of allylic oxidation sites excluding steroid dienone is 4. The second-order valence-corrected chi connectivity index (χ2v) is 16.3. The van der Waals surface area contributed by atoms with E-state index in [1.165, 1.54) is 71.9 Å². The van der Waals surface area contributed by atoms with Crippen molar-refractivity contribution < 1.29 is 4.42 Å². The quantitative estimate of drug-likeness (QED) is 0.169. The summed E-state index contributed by atoms with van der Waals surface area (Å²) in [5.74, 6) is 0. The number of aromatic nitrogens is 1. The van der Waals surface area contributed by atoms with Gasteiger partial charge in [0.1, 0.15) is 16.7 Å². The standard InChI is InChI=1S/C56H38N2O/c1-2-14-39(15-3-1)56(46-20-8-4-16-42(46)43-17-5-9-21-47(43)56)58-48-22-10-6-18-44(48)54-49(23-12-25-51(54)58)57(40-31-29-37(30-32-40)41-33-28-36-34-38(41)35-36)50-24-13-27-53-55(50)45-19-7-11-26-52(45)59-53/h1-8,10-20,22-34H,9,21,35H2. The van der Waals surface area contributed by atoms with Gasteiger partial charge in [-0.05, 0) is 118 Å². The lowest BCUT2D eigenvalue weighted by Crippen LogP contribution is -2.37. The highest BCUT2D eigenvalue weighted by Crippen LogP contribution is 2.58. The summed E-state index contributed by atoms with van der Waals surface area (Å²) in [6, 6.07) is 67.3. The molecule has 0 spiro atoms. The van der Waals surface area contributed by atoms with Gasteiger partial charge in [0.2, 0.25) is 0 Å². The Kier molecular flexibility index (Phi) is 6.83. The van der Waals surface area contributed by atoms with Gasteiger partial charge in [-0.15, -0.1) is 0 Å². The number of nitrogens with zero attached hydrogens (tertiary/aromatic N) is 2. The van der Waals surface area contributed by atoms with E-state index in [2.05, 4.69) is 204 Å². The molecule has 0 fully saturated rings. The van der Waals surface area contributed by atoms with E-state index in [9.17, 15) is 0 Å². The molecule has 4 aliphatic carbocycles. The van der Waals surface area contributed by atoms with Crippen LogP contribution in [0.1, 0.15) is 40.7 Å². The van der Waals surface area contributed by atoms with Crippen molar-refractivity contribution in [2.75, 3.05) is 4.90 Å². The molecule has 0 saturated heterocycles. The first-order chi connectivity index (χ1) is 29.3. The van der Waals surface area contributed by atoms with Crippen LogP contribution in [0.2, 0.25) is 0 Å². The highest BCUT2D eigenvalue weighted by molar-refractivity contribution is 6.19. The predicted molar refractivity (Wildman–Crippen MR) is 244 cm³/mol. The summed E-state index contributed by atoms with van der Waals surface area (Å²) in [5.41, 5.74) is 19.1. The maximum Gasteiger partial charge on any atom is 0.137 e. The zero-order chi connectivity index (χ0) is 38.7. The van der Waals surface area contributed by atoms with Gasteiger partial charge in [-0.1, -0.05) is 146 Å². The Morgan fingerprint density at radius 3 is 2.12 bits per heavy atom. The van der Waals surface area contributed by atoms with Gasteiger partial charge in [0.25, 0.3) is 0 Å². The molecule has 59 heavy (non-hydrogen) atoms. The SMILES string of the molecule is C1=CC2=C(CC1)C(c1ccccc1)(n1c3ccccc3c3c(N(c4ccc(-c5ccc6cc5C6)cc4)c4cccc5oc6ccccc6c45)cccc31)c1ccccc12. The molecule has 2 aromatic heterocycles. The maximum absolute atomic E-state index is 6.54. The molecule has 14 rings (SSSR count). The van der Waals surface area contributed by atoms with Crippen LogP contribution in [0.15, 0.2) is 204 Å². The smallest absolute Gasteiger partial charge is 0.137 e. The molecule has 0 N–H and O–H groups in total. The lowest BCUT2D eigenvalue weighted by atomic mass is 9.76. The number of hydrogen-bond acceptors (Lipinski definition) is 2. The van der Waals surface area contributed by atoms with Crippen molar-refractivity contribution in [3.8, 4) is 11.1 Å². The van der Waals surface area contributed by atoms with Gasteiger partial charge in [0.05, 0.1) is 27.8 Å². The molecule has 1 unspecified atom stereocenters. The largest absolute Gasteiger partial charge is 0.456 e. The van der Waals surface area contributed by atoms with E-state index in [1.807, 2.05) is 0 Å². The fraction of sp³-hybridized carbons (Fsp3) is 0.0714. The molecule has 1 atom stereocenters. The van der Waals surface area contributed by atoms with E-state index in [0.717, 1.165) is 58.3 Å². The molecule has 4 aliphatic rings. The first-order valence-electron chi connectivity index (χ1n) is 20.8. The summed E-state index contributed by atoms with van der Waals surface area (Å²) in [5, 5.41) is 4.66. The van der Waals surface area contributed by atoms with Crippen LogP contribution in [0, 0.1) is 0 Å². The van der Waals surface area contributed by atoms with Crippen molar-refractivity contribution >= 4 is 66.4 Å². The maximum atomic E-state index is 6.54. The summed E-state index contributed by atoms with van der Waals surface area (Å²) in [7, 11) is 0. The molecule has 0 saturated carbocycles. The topological polar surface area (TPSA) is 21.3 Å². The second-order valence-electron chi connectivity index (χ2n) is 16.3. The number of rotatable bonds is 6. The zero-order valence-corrected chi connectivity index (χ0v) is 32.4. The molecule has 2 bridgehead atoms. The number of furan rings is 1. The average Bonchev–Trinajstić information content (AvgIpc) is 3.94. The number of benzene rings is 8.